The van der Waals surface area contributed by atoms with Crippen LogP contribution in [0.1, 0.15) is 56.0 Å². The van der Waals surface area contributed by atoms with Crippen molar-refractivity contribution >= 4 is 17.5 Å². The van der Waals surface area contributed by atoms with Gasteiger partial charge in [-0.15, -0.1) is 0 Å². The number of benzene rings is 2. The van der Waals surface area contributed by atoms with Crippen molar-refractivity contribution in [3.05, 3.63) is 65.7 Å². The molecule has 0 aliphatic carbocycles. The van der Waals surface area contributed by atoms with Crippen molar-refractivity contribution in [3.63, 3.8) is 0 Å². The quantitative estimate of drug-likeness (QED) is 0.350. The van der Waals surface area contributed by atoms with Gasteiger partial charge in [-0.05, 0) is 68.7 Å². The number of amides is 2. The molecule has 2 aromatic carbocycles. The molecule has 3 rings (SSSR count). The maximum Gasteiger partial charge on any atom is 0.319 e. The molecule has 1 heterocycles. The zero-order valence-electron chi connectivity index (χ0n) is 20.7. The summed E-state index contributed by atoms with van der Waals surface area (Å²) in [4.78, 5) is 26.2. The lowest BCUT2D eigenvalue weighted by Crippen LogP contribution is -2.51. The van der Waals surface area contributed by atoms with E-state index in [9.17, 15) is 14.7 Å². The lowest BCUT2D eigenvalue weighted by molar-refractivity contribution is -0.0140. The van der Waals surface area contributed by atoms with Crippen LogP contribution in [0.3, 0.4) is 0 Å². The van der Waals surface area contributed by atoms with Gasteiger partial charge in [0, 0.05) is 30.4 Å². The number of aliphatic hydroxyl groups is 1. The third kappa shape index (κ3) is 7.67. The fourth-order valence-corrected chi connectivity index (χ4v) is 4.81. The van der Waals surface area contributed by atoms with Crippen LogP contribution >= 0.6 is 0 Å². The van der Waals surface area contributed by atoms with Gasteiger partial charge >= 0.3 is 6.03 Å². The van der Waals surface area contributed by atoms with Crippen LogP contribution in [0.2, 0.25) is 0 Å². The van der Waals surface area contributed by atoms with E-state index in [4.69, 9.17) is 0 Å². The Morgan fingerprint density at radius 2 is 1.88 bits per heavy atom. The van der Waals surface area contributed by atoms with Crippen molar-refractivity contribution in [2.75, 3.05) is 25.0 Å². The normalized spacial score (nSPS) is 19.6. The number of rotatable bonds is 10. The van der Waals surface area contributed by atoms with Gasteiger partial charge < -0.3 is 15.7 Å². The molecule has 2 aromatic rings. The van der Waals surface area contributed by atoms with Crippen LogP contribution in [0.25, 0.3) is 0 Å². The molecule has 3 atom stereocenters. The molecule has 2 amide bonds. The molecule has 184 valence electrons. The van der Waals surface area contributed by atoms with Crippen LogP contribution in [0.4, 0.5) is 10.5 Å². The molecular formula is C28H39N3O3. The lowest BCUT2D eigenvalue weighted by atomic mass is 9.82. The number of likely N-dealkylation sites (tertiary alicyclic amines) is 1. The van der Waals surface area contributed by atoms with Gasteiger partial charge in [-0.2, -0.15) is 0 Å². The Kier molecular flexibility index (Phi) is 9.66. The topological polar surface area (TPSA) is 81.7 Å². The summed E-state index contributed by atoms with van der Waals surface area (Å²) >= 11 is 0. The summed E-state index contributed by atoms with van der Waals surface area (Å²) in [6.45, 7) is 8.02. The molecule has 6 heteroatoms. The molecule has 3 unspecified atom stereocenters. The first-order chi connectivity index (χ1) is 16.3. The first kappa shape index (κ1) is 25.9. The maximum absolute atomic E-state index is 12.3. The number of nitrogens with zero attached hydrogens (tertiary/aromatic N) is 1. The van der Waals surface area contributed by atoms with E-state index < -0.39 is 0 Å². The van der Waals surface area contributed by atoms with Crippen LogP contribution in [0.15, 0.2) is 54.6 Å². The molecule has 1 aliphatic heterocycles. The van der Waals surface area contributed by atoms with Crippen LogP contribution in [-0.2, 0) is 6.42 Å². The third-order valence-corrected chi connectivity index (χ3v) is 6.75. The first-order valence-corrected chi connectivity index (χ1v) is 12.5. The number of hydrogen-bond donors (Lipinski definition) is 3. The number of piperidine rings is 1. The van der Waals surface area contributed by atoms with Crippen LogP contribution in [-0.4, -0.2) is 53.6 Å². The van der Waals surface area contributed by atoms with Crippen molar-refractivity contribution in [1.82, 2.24) is 10.2 Å². The number of carbonyl (C=O) groups excluding carboxylic acids is 2. The summed E-state index contributed by atoms with van der Waals surface area (Å²) < 4.78 is 0. The molecule has 0 aromatic heterocycles. The third-order valence-electron chi connectivity index (χ3n) is 6.75. The zero-order valence-corrected chi connectivity index (χ0v) is 20.7. The van der Waals surface area contributed by atoms with Gasteiger partial charge in [0.1, 0.15) is 0 Å². The summed E-state index contributed by atoms with van der Waals surface area (Å²) in [7, 11) is 0. The second-order valence-electron chi connectivity index (χ2n) is 9.79. The second kappa shape index (κ2) is 12.7. The first-order valence-electron chi connectivity index (χ1n) is 12.5. The average molecular weight is 466 g/mol. The summed E-state index contributed by atoms with van der Waals surface area (Å²) in [5.41, 5.74) is 2.54. The summed E-state index contributed by atoms with van der Waals surface area (Å²) in [6, 6.07) is 17.4. The fraction of sp³-hybridized carbons (Fsp3) is 0.500. The molecule has 1 saturated heterocycles. The second-order valence-corrected chi connectivity index (χ2v) is 9.79. The van der Waals surface area contributed by atoms with Gasteiger partial charge in [0.05, 0.1) is 6.10 Å². The fourth-order valence-electron chi connectivity index (χ4n) is 4.81. The van der Waals surface area contributed by atoms with E-state index >= 15 is 0 Å². The van der Waals surface area contributed by atoms with Gasteiger partial charge in [0.25, 0.3) is 0 Å². The Balaban J connectivity index is 1.47. The van der Waals surface area contributed by atoms with E-state index in [-0.39, 0.29) is 29.9 Å². The molecule has 0 bridgehead atoms. The number of hydrogen-bond acceptors (Lipinski definition) is 4. The molecule has 6 nitrogen and oxygen atoms in total. The minimum absolute atomic E-state index is 0.0327. The van der Waals surface area contributed by atoms with E-state index in [1.54, 1.807) is 24.3 Å². The van der Waals surface area contributed by atoms with Gasteiger partial charge in [0.15, 0.2) is 5.78 Å². The predicted molar refractivity (Wildman–Crippen MR) is 137 cm³/mol. The number of urea groups is 1. The van der Waals surface area contributed by atoms with Crippen LogP contribution in [0, 0.1) is 11.8 Å². The Hall–Kier alpha value is -2.70. The van der Waals surface area contributed by atoms with Crippen molar-refractivity contribution in [3.8, 4) is 0 Å². The largest absolute Gasteiger partial charge is 0.391 e. The van der Waals surface area contributed by atoms with E-state index in [1.165, 1.54) is 12.5 Å². The standard InChI is InChI=1S/C28H39N3O3/c1-20(2)27(33)26-18-23(17-22-9-5-4-6-10-22)13-16-31(26)15-8-14-29-28(34)30-25-12-7-11-24(19-25)21(3)32/h4-7,9-12,19-20,23,26-27,33H,8,13-18H2,1-3H3,(H2,29,30,34). The minimum Gasteiger partial charge on any atom is -0.391 e. The molecule has 1 fully saturated rings. The highest BCUT2D eigenvalue weighted by atomic mass is 16.3. The maximum atomic E-state index is 12.3. The molecule has 3 N–H and O–H groups in total. The predicted octanol–water partition coefficient (Wildman–Crippen LogP) is 4.74. The van der Waals surface area contributed by atoms with Crippen molar-refractivity contribution in [1.29, 1.82) is 0 Å². The van der Waals surface area contributed by atoms with Gasteiger partial charge in [-0.3, -0.25) is 9.69 Å². The summed E-state index contributed by atoms with van der Waals surface area (Å²) in [5.74, 6) is 0.749. The number of Topliss-reactive ketones (excluding diaryl/α,β-unsaturated/α-hetero) is 1. The Morgan fingerprint density at radius 3 is 2.59 bits per heavy atom. The summed E-state index contributed by atoms with van der Waals surface area (Å²) in [6.07, 6.45) is 3.63. The Labute approximate surface area is 203 Å². The number of carbonyl (C=O) groups is 2. The number of ketones is 1. The van der Waals surface area contributed by atoms with E-state index in [1.807, 2.05) is 0 Å². The van der Waals surface area contributed by atoms with Gasteiger partial charge in [-0.1, -0.05) is 56.3 Å². The smallest absolute Gasteiger partial charge is 0.319 e. The lowest BCUT2D eigenvalue weighted by Gasteiger charge is -2.43. The number of aliphatic hydroxyl groups excluding tert-OH is 1. The van der Waals surface area contributed by atoms with Crippen molar-refractivity contribution in [2.45, 2.75) is 58.6 Å². The molecule has 34 heavy (non-hydrogen) atoms. The monoisotopic (exact) mass is 465 g/mol. The number of nitrogens with one attached hydrogen (secondary N) is 2. The van der Waals surface area contributed by atoms with E-state index in [2.05, 4.69) is 59.7 Å². The molecular weight excluding hydrogens is 426 g/mol. The molecule has 0 spiro atoms. The van der Waals surface area contributed by atoms with Gasteiger partial charge in [-0.25, -0.2) is 4.79 Å². The van der Waals surface area contributed by atoms with Crippen LogP contribution < -0.4 is 10.6 Å². The number of anilines is 1. The minimum atomic E-state index is -0.358. The van der Waals surface area contributed by atoms with E-state index in [0.717, 1.165) is 38.8 Å². The molecule has 0 saturated carbocycles. The Morgan fingerprint density at radius 1 is 1.12 bits per heavy atom. The van der Waals surface area contributed by atoms with Gasteiger partial charge in [0.2, 0.25) is 0 Å². The SMILES string of the molecule is CC(=O)c1cccc(NC(=O)NCCCN2CCC(Cc3ccccc3)CC2C(O)C(C)C)c1. The van der Waals surface area contributed by atoms with Crippen molar-refractivity contribution < 1.29 is 14.7 Å². The summed E-state index contributed by atoms with van der Waals surface area (Å²) in [5, 5.41) is 16.6. The van der Waals surface area contributed by atoms with Crippen molar-refractivity contribution in [2.24, 2.45) is 11.8 Å². The highest BCUT2D eigenvalue weighted by Crippen LogP contribution is 2.30. The average Bonchev–Trinajstić information content (AvgIpc) is 2.82. The van der Waals surface area contributed by atoms with Crippen LogP contribution in [0.5, 0.6) is 0 Å². The highest BCUT2D eigenvalue weighted by molar-refractivity contribution is 5.96. The molecule has 1 aliphatic rings. The zero-order chi connectivity index (χ0) is 24.5. The molecule has 0 radical (unpaired) electrons. The Bertz CT molecular complexity index is 932. The highest BCUT2D eigenvalue weighted by Gasteiger charge is 2.34. The van der Waals surface area contributed by atoms with E-state index in [0.29, 0.717) is 23.7 Å².